The van der Waals surface area contributed by atoms with E-state index in [0.29, 0.717) is 35.0 Å². The number of nitrogens with two attached hydrogens (primary N) is 1. The van der Waals surface area contributed by atoms with Gasteiger partial charge in [0, 0.05) is 25.5 Å². The minimum atomic E-state index is -1.34. The van der Waals surface area contributed by atoms with Gasteiger partial charge < -0.3 is 34.7 Å². The molecule has 3 aliphatic heterocycles. The van der Waals surface area contributed by atoms with Gasteiger partial charge in [-0.15, -0.1) is 0 Å². The minimum Gasteiger partial charge on any atom is -0.491 e. The first-order valence-corrected chi connectivity index (χ1v) is 14.1. The molecule has 1 fully saturated rings. The molecule has 3 N–H and O–H groups in total. The number of likely N-dealkylation sites (tertiary alicyclic amines) is 1. The number of hydrogen-bond acceptors (Lipinski definition) is 10. The summed E-state index contributed by atoms with van der Waals surface area (Å²) in [5.41, 5.74) is 7.54. The van der Waals surface area contributed by atoms with Crippen molar-refractivity contribution in [3.05, 3.63) is 77.4 Å². The van der Waals surface area contributed by atoms with E-state index in [1.165, 1.54) is 21.1 Å². The van der Waals surface area contributed by atoms with Gasteiger partial charge in [-0.2, -0.15) is 0 Å². The van der Waals surface area contributed by atoms with Gasteiger partial charge in [-0.05, 0) is 36.1 Å². The van der Waals surface area contributed by atoms with Crippen molar-refractivity contribution in [1.82, 2.24) is 4.90 Å². The van der Waals surface area contributed by atoms with E-state index in [1.807, 2.05) is 48.5 Å². The number of methoxy groups -OCH3 is 2. The first kappa shape index (κ1) is 28.2. The lowest BCUT2D eigenvalue weighted by atomic mass is 9.63. The fraction of sp³-hybridized carbons (Fsp3) is 0.344. The molecule has 0 bridgehead atoms. The monoisotopic (exact) mass is 587 g/mol. The Kier molecular flexibility index (Phi) is 7.03. The van der Waals surface area contributed by atoms with Crippen molar-refractivity contribution < 1.29 is 38.1 Å². The van der Waals surface area contributed by atoms with Gasteiger partial charge in [0.15, 0.2) is 17.2 Å². The van der Waals surface area contributed by atoms with E-state index in [1.54, 1.807) is 17.0 Å². The molecule has 3 aliphatic rings. The maximum Gasteiger partial charge on any atom is 0.410 e. The summed E-state index contributed by atoms with van der Waals surface area (Å²) in [6.07, 6.45) is 0.0663. The number of nitrogens with zero attached hydrogens (tertiary/aromatic N) is 1. The molecule has 1 amide bonds. The van der Waals surface area contributed by atoms with Crippen molar-refractivity contribution in [1.29, 1.82) is 0 Å². The van der Waals surface area contributed by atoms with Crippen molar-refractivity contribution in [3.63, 3.8) is 0 Å². The fourth-order valence-corrected chi connectivity index (χ4v) is 6.88. The average Bonchev–Trinajstić information content (AvgIpc) is 3.47. The second-order valence-electron chi connectivity index (χ2n) is 10.8. The van der Waals surface area contributed by atoms with Crippen LogP contribution in [0.3, 0.4) is 0 Å². The van der Waals surface area contributed by atoms with Crippen LogP contribution >= 0.6 is 0 Å². The lowest BCUT2D eigenvalue weighted by molar-refractivity contribution is -0.142. The van der Waals surface area contributed by atoms with Crippen LogP contribution in [0.1, 0.15) is 42.9 Å². The highest BCUT2D eigenvalue weighted by atomic mass is 16.6. The van der Waals surface area contributed by atoms with E-state index in [0.717, 1.165) is 16.7 Å². The fourth-order valence-electron chi connectivity index (χ4n) is 6.88. The number of piperidine rings is 1. The Morgan fingerprint density at radius 2 is 1.84 bits per heavy atom. The number of esters is 2. The molecule has 11 heteroatoms. The van der Waals surface area contributed by atoms with E-state index in [9.17, 15) is 14.4 Å². The van der Waals surface area contributed by atoms with Gasteiger partial charge >= 0.3 is 18.0 Å². The van der Waals surface area contributed by atoms with Crippen LogP contribution in [-0.2, 0) is 31.1 Å². The largest absolute Gasteiger partial charge is 0.491 e. The molecule has 3 aromatic carbocycles. The van der Waals surface area contributed by atoms with Gasteiger partial charge in [-0.3, -0.25) is 14.5 Å². The Morgan fingerprint density at radius 1 is 1.05 bits per heavy atom. The molecule has 3 heterocycles. The van der Waals surface area contributed by atoms with Crippen LogP contribution < -0.4 is 25.3 Å². The van der Waals surface area contributed by atoms with E-state index < -0.39 is 35.2 Å². The molecule has 0 saturated carbocycles. The first-order chi connectivity index (χ1) is 20.8. The highest BCUT2D eigenvalue weighted by Gasteiger charge is 2.73. The minimum absolute atomic E-state index is 0.00920. The Bertz CT molecular complexity index is 1590. The molecule has 3 aromatic rings. The van der Waals surface area contributed by atoms with Crippen molar-refractivity contribution in [2.75, 3.05) is 31.8 Å². The normalized spacial score (nSPS) is 22.6. The molecule has 224 valence electrons. The number of carbonyl (C=O) groups excluding carboxylic acids is 3. The molecular weight excluding hydrogens is 554 g/mol. The van der Waals surface area contributed by atoms with Crippen LogP contribution in [-0.4, -0.2) is 55.5 Å². The standard InChI is InChI=1S/C32H33N3O8/c1-19(36)42-24-11-7-10-21-27(24)34-32-25(14-15-26(37)39-2)35(30(38)41-18-20-8-5-4-6-9-20)17-16-31(21,32)22-12-13-23(33)29(40-3)28(22)43-32/h4-13,25,34H,14-18,33H2,1-3H3/t25-,31+,32-/m0/s1. The SMILES string of the molecule is COC(=O)CC[C@@H]1N(C(=O)OCc2ccccc2)CC[C@]23c4cccc(OC(C)=O)c4N[C@]12Oc1c3ccc(N)c1OC. The van der Waals surface area contributed by atoms with Crippen molar-refractivity contribution in [2.24, 2.45) is 0 Å². The summed E-state index contributed by atoms with van der Waals surface area (Å²) in [5.74, 6) is 0.239. The highest BCUT2D eigenvalue weighted by Crippen LogP contribution is 2.67. The molecular formula is C32H33N3O8. The van der Waals surface area contributed by atoms with Crippen LogP contribution in [0.15, 0.2) is 60.7 Å². The zero-order valence-corrected chi connectivity index (χ0v) is 24.2. The van der Waals surface area contributed by atoms with Crippen molar-refractivity contribution in [3.8, 4) is 17.2 Å². The number of hydrogen-bond donors (Lipinski definition) is 2. The number of carbonyl (C=O) groups is 3. The van der Waals surface area contributed by atoms with Gasteiger partial charge in [0.05, 0.1) is 37.1 Å². The second kappa shape index (κ2) is 10.7. The van der Waals surface area contributed by atoms with Crippen LogP contribution in [0.2, 0.25) is 0 Å². The average molecular weight is 588 g/mol. The maximum atomic E-state index is 13.8. The number of nitrogen functional groups attached to an aromatic ring is 1. The number of anilines is 2. The first-order valence-electron chi connectivity index (χ1n) is 14.1. The third-order valence-electron chi connectivity index (χ3n) is 8.62. The molecule has 3 atom stereocenters. The Balaban J connectivity index is 1.50. The van der Waals surface area contributed by atoms with Crippen LogP contribution in [0, 0.1) is 0 Å². The number of benzene rings is 3. The number of ether oxygens (including phenoxy) is 5. The molecule has 11 nitrogen and oxygen atoms in total. The lowest BCUT2D eigenvalue weighted by Crippen LogP contribution is -2.71. The smallest absolute Gasteiger partial charge is 0.410 e. The summed E-state index contributed by atoms with van der Waals surface area (Å²) in [6.45, 7) is 1.70. The molecule has 0 aromatic heterocycles. The number of amides is 1. The number of rotatable bonds is 7. The molecule has 0 radical (unpaired) electrons. The summed E-state index contributed by atoms with van der Waals surface area (Å²) < 4.78 is 29.0. The number of para-hydroxylation sites is 1. The van der Waals surface area contributed by atoms with Crippen LogP contribution in [0.4, 0.5) is 16.2 Å². The van der Waals surface area contributed by atoms with Crippen molar-refractivity contribution >= 4 is 29.4 Å². The van der Waals surface area contributed by atoms with Crippen LogP contribution in [0.5, 0.6) is 17.2 Å². The third-order valence-corrected chi connectivity index (χ3v) is 8.62. The van der Waals surface area contributed by atoms with Gasteiger partial charge in [0.1, 0.15) is 6.61 Å². The predicted octanol–water partition coefficient (Wildman–Crippen LogP) is 4.37. The van der Waals surface area contributed by atoms with E-state index >= 15 is 0 Å². The Morgan fingerprint density at radius 3 is 2.56 bits per heavy atom. The molecule has 0 aliphatic carbocycles. The Labute approximate surface area is 248 Å². The highest BCUT2D eigenvalue weighted by molar-refractivity contribution is 5.83. The second-order valence-corrected chi connectivity index (χ2v) is 10.8. The maximum absolute atomic E-state index is 13.8. The third kappa shape index (κ3) is 4.29. The quantitative estimate of drug-likeness (QED) is 0.233. The van der Waals surface area contributed by atoms with Crippen molar-refractivity contribution in [2.45, 2.75) is 50.0 Å². The number of fused-ring (bicyclic) bond motifs is 2. The summed E-state index contributed by atoms with van der Waals surface area (Å²) in [6, 6.07) is 17.8. The summed E-state index contributed by atoms with van der Waals surface area (Å²) >= 11 is 0. The zero-order valence-electron chi connectivity index (χ0n) is 24.2. The Hall–Kier alpha value is -4.93. The predicted molar refractivity (Wildman–Crippen MR) is 156 cm³/mol. The number of nitrogens with one attached hydrogen (secondary N) is 1. The molecule has 0 spiro atoms. The zero-order chi connectivity index (χ0) is 30.4. The summed E-state index contributed by atoms with van der Waals surface area (Å²) in [4.78, 5) is 39.9. The van der Waals surface area contributed by atoms with E-state index in [-0.39, 0.29) is 26.0 Å². The molecule has 0 unspecified atom stereocenters. The van der Waals surface area contributed by atoms with E-state index in [2.05, 4.69) is 5.32 Å². The van der Waals surface area contributed by atoms with Gasteiger partial charge in [-0.1, -0.05) is 48.5 Å². The molecule has 1 saturated heterocycles. The van der Waals surface area contributed by atoms with Gasteiger partial charge in [0.2, 0.25) is 5.72 Å². The summed E-state index contributed by atoms with van der Waals surface area (Å²) in [7, 11) is 2.84. The summed E-state index contributed by atoms with van der Waals surface area (Å²) in [5, 5.41) is 3.55. The molecule has 43 heavy (non-hydrogen) atoms. The van der Waals surface area contributed by atoms with Gasteiger partial charge in [-0.25, -0.2) is 4.79 Å². The molecule has 6 rings (SSSR count). The van der Waals surface area contributed by atoms with Crippen LogP contribution in [0.25, 0.3) is 0 Å². The van der Waals surface area contributed by atoms with Gasteiger partial charge in [0.25, 0.3) is 0 Å². The lowest BCUT2D eigenvalue weighted by Gasteiger charge is -2.52. The van der Waals surface area contributed by atoms with E-state index in [4.69, 9.17) is 29.4 Å². The topological polar surface area (TPSA) is 139 Å².